The van der Waals surface area contributed by atoms with Crippen LogP contribution in [-0.2, 0) is 6.54 Å². The van der Waals surface area contributed by atoms with E-state index in [4.69, 9.17) is 10.3 Å². The number of hydrogen-bond acceptors (Lipinski definition) is 5. The summed E-state index contributed by atoms with van der Waals surface area (Å²) in [7, 11) is 0. The molecule has 0 atom stereocenters. The molecular formula is C15H17N3O2S. The van der Waals surface area contributed by atoms with E-state index in [2.05, 4.69) is 22.3 Å². The molecule has 0 aliphatic rings. The van der Waals surface area contributed by atoms with Gasteiger partial charge in [-0.1, -0.05) is 17.0 Å². The van der Waals surface area contributed by atoms with Gasteiger partial charge in [-0.3, -0.25) is 4.79 Å². The summed E-state index contributed by atoms with van der Waals surface area (Å²) < 4.78 is 5.07. The predicted octanol–water partition coefficient (Wildman–Crippen LogP) is 1.90. The van der Waals surface area contributed by atoms with Crippen LogP contribution in [0.3, 0.4) is 0 Å². The molecule has 3 N–H and O–H groups in total. The lowest BCUT2D eigenvalue weighted by Crippen LogP contribution is -2.22. The monoisotopic (exact) mass is 303 g/mol. The molecular weight excluding hydrogens is 286 g/mol. The zero-order chi connectivity index (χ0) is 15.4. The number of amides is 1. The first-order valence-electron chi connectivity index (χ1n) is 6.52. The van der Waals surface area contributed by atoms with Gasteiger partial charge < -0.3 is 15.6 Å². The quantitative estimate of drug-likeness (QED) is 0.849. The lowest BCUT2D eigenvalue weighted by molar-refractivity contribution is 0.0955. The van der Waals surface area contributed by atoms with E-state index in [0.717, 1.165) is 27.5 Å². The van der Waals surface area contributed by atoms with Crippen molar-refractivity contribution < 1.29 is 9.32 Å². The molecule has 0 fully saturated rings. The fourth-order valence-electron chi connectivity index (χ4n) is 1.86. The second-order valence-electron chi connectivity index (χ2n) is 4.61. The number of aryl methyl sites for hydroxylation is 3. The van der Waals surface area contributed by atoms with Crippen molar-refractivity contribution in [2.24, 2.45) is 5.73 Å². The lowest BCUT2D eigenvalue weighted by atomic mass is 10.2. The number of nitrogens with one attached hydrogen (secondary N) is 1. The van der Waals surface area contributed by atoms with Crippen LogP contribution in [0, 0.1) is 32.6 Å². The molecule has 2 aromatic rings. The molecule has 0 aliphatic carbocycles. The number of nitrogens with two attached hydrogens (primary N) is 1. The van der Waals surface area contributed by atoms with Gasteiger partial charge in [-0.25, -0.2) is 0 Å². The summed E-state index contributed by atoms with van der Waals surface area (Å²) >= 11 is 1.37. The first-order chi connectivity index (χ1) is 10.0. The SMILES string of the molecule is Cc1cc(C(=O)NCc2c(C)noc2C)sc1C#CCN. The van der Waals surface area contributed by atoms with E-state index in [9.17, 15) is 4.79 Å². The molecule has 0 saturated carbocycles. The molecule has 1 amide bonds. The number of aromatic nitrogens is 1. The molecule has 110 valence electrons. The molecule has 2 aromatic heterocycles. The molecule has 0 aliphatic heterocycles. The molecule has 0 spiro atoms. The van der Waals surface area contributed by atoms with Crippen molar-refractivity contribution >= 4 is 17.2 Å². The number of rotatable bonds is 3. The highest BCUT2D eigenvalue weighted by atomic mass is 32.1. The van der Waals surface area contributed by atoms with Crippen molar-refractivity contribution in [3.05, 3.63) is 38.4 Å². The summed E-state index contributed by atoms with van der Waals surface area (Å²) in [6.45, 7) is 6.33. The molecule has 0 bridgehead atoms. The Hall–Kier alpha value is -2.10. The normalized spacial score (nSPS) is 10.1. The molecule has 6 heteroatoms. The summed E-state index contributed by atoms with van der Waals surface area (Å²) in [6, 6.07) is 1.84. The summed E-state index contributed by atoms with van der Waals surface area (Å²) in [6.07, 6.45) is 0. The van der Waals surface area contributed by atoms with Gasteiger partial charge in [0, 0.05) is 12.1 Å². The van der Waals surface area contributed by atoms with Gasteiger partial charge in [0.2, 0.25) is 0 Å². The summed E-state index contributed by atoms with van der Waals surface area (Å²) in [5, 5.41) is 6.74. The molecule has 2 rings (SSSR count). The van der Waals surface area contributed by atoms with Crippen molar-refractivity contribution in [2.45, 2.75) is 27.3 Å². The van der Waals surface area contributed by atoms with Crippen molar-refractivity contribution in [3.8, 4) is 11.8 Å². The predicted molar refractivity (Wildman–Crippen MR) is 82.1 cm³/mol. The fraction of sp³-hybridized carbons (Fsp3) is 0.333. The van der Waals surface area contributed by atoms with Crippen molar-refractivity contribution in [3.63, 3.8) is 0 Å². The number of carbonyl (C=O) groups excluding carboxylic acids is 1. The second-order valence-corrected chi connectivity index (χ2v) is 5.67. The van der Waals surface area contributed by atoms with Crippen LogP contribution in [0.1, 0.15) is 37.1 Å². The van der Waals surface area contributed by atoms with Crippen LogP contribution in [-0.4, -0.2) is 17.6 Å². The van der Waals surface area contributed by atoms with Gasteiger partial charge in [-0.15, -0.1) is 11.3 Å². The van der Waals surface area contributed by atoms with Gasteiger partial charge in [-0.2, -0.15) is 0 Å². The van der Waals surface area contributed by atoms with Gasteiger partial charge in [0.05, 0.1) is 22.0 Å². The van der Waals surface area contributed by atoms with E-state index in [1.165, 1.54) is 11.3 Å². The van der Waals surface area contributed by atoms with Crippen LogP contribution >= 0.6 is 11.3 Å². The average molecular weight is 303 g/mol. The Bertz CT molecular complexity index is 700. The minimum absolute atomic E-state index is 0.121. The van der Waals surface area contributed by atoms with Gasteiger partial charge in [-0.05, 0) is 32.4 Å². The Morgan fingerprint density at radius 3 is 2.86 bits per heavy atom. The minimum atomic E-state index is -0.121. The summed E-state index contributed by atoms with van der Waals surface area (Å²) in [4.78, 5) is 13.7. The number of hydrogen-bond donors (Lipinski definition) is 2. The minimum Gasteiger partial charge on any atom is -0.361 e. The van der Waals surface area contributed by atoms with E-state index >= 15 is 0 Å². The highest BCUT2D eigenvalue weighted by Gasteiger charge is 2.14. The molecule has 0 unspecified atom stereocenters. The van der Waals surface area contributed by atoms with Gasteiger partial charge in [0.25, 0.3) is 5.91 Å². The first-order valence-corrected chi connectivity index (χ1v) is 7.34. The van der Waals surface area contributed by atoms with Crippen LogP contribution in [0.5, 0.6) is 0 Å². The van der Waals surface area contributed by atoms with Crippen LogP contribution < -0.4 is 11.1 Å². The number of carbonyl (C=O) groups is 1. The summed E-state index contributed by atoms with van der Waals surface area (Å²) in [5.41, 5.74) is 8.06. The first kappa shape index (κ1) is 15.3. The van der Waals surface area contributed by atoms with Gasteiger partial charge >= 0.3 is 0 Å². The zero-order valence-electron chi connectivity index (χ0n) is 12.2. The highest BCUT2D eigenvalue weighted by molar-refractivity contribution is 7.14. The van der Waals surface area contributed by atoms with Crippen LogP contribution in [0.25, 0.3) is 0 Å². The Morgan fingerprint density at radius 2 is 2.24 bits per heavy atom. The largest absolute Gasteiger partial charge is 0.361 e. The lowest BCUT2D eigenvalue weighted by Gasteiger charge is -2.02. The molecule has 5 nitrogen and oxygen atoms in total. The summed E-state index contributed by atoms with van der Waals surface area (Å²) in [5.74, 6) is 6.38. The van der Waals surface area contributed by atoms with Crippen LogP contribution in [0.15, 0.2) is 10.6 Å². The Kier molecular flexibility index (Phi) is 4.78. The van der Waals surface area contributed by atoms with E-state index in [0.29, 0.717) is 18.0 Å². The molecule has 0 radical (unpaired) electrons. The molecule has 0 aromatic carbocycles. The van der Waals surface area contributed by atoms with E-state index < -0.39 is 0 Å². The smallest absolute Gasteiger partial charge is 0.261 e. The maximum absolute atomic E-state index is 12.2. The van der Waals surface area contributed by atoms with Crippen LogP contribution in [0.4, 0.5) is 0 Å². The zero-order valence-corrected chi connectivity index (χ0v) is 13.1. The van der Waals surface area contributed by atoms with Crippen molar-refractivity contribution in [1.29, 1.82) is 0 Å². The van der Waals surface area contributed by atoms with Gasteiger partial charge in [0.1, 0.15) is 5.76 Å². The van der Waals surface area contributed by atoms with Crippen molar-refractivity contribution in [2.75, 3.05) is 6.54 Å². The average Bonchev–Trinajstić information content (AvgIpc) is 2.98. The van der Waals surface area contributed by atoms with Crippen LogP contribution in [0.2, 0.25) is 0 Å². The van der Waals surface area contributed by atoms with Crippen molar-refractivity contribution in [1.82, 2.24) is 10.5 Å². The van der Waals surface area contributed by atoms with E-state index in [-0.39, 0.29) is 5.91 Å². The third-order valence-corrected chi connectivity index (χ3v) is 4.20. The fourth-order valence-corrected chi connectivity index (χ4v) is 2.82. The molecule has 0 saturated heterocycles. The maximum atomic E-state index is 12.2. The second kappa shape index (κ2) is 6.57. The Morgan fingerprint density at radius 1 is 1.48 bits per heavy atom. The Labute approximate surface area is 127 Å². The molecule has 21 heavy (non-hydrogen) atoms. The highest BCUT2D eigenvalue weighted by Crippen LogP contribution is 2.21. The maximum Gasteiger partial charge on any atom is 0.261 e. The van der Waals surface area contributed by atoms with E-state index in [1.807, 2.05) is 26.8 Å². The number of thiophene rings is 1. The third kappa shape index (κ3) is 3.51. The topological polar surface area (TPSA) is 81.2 Å². The standard InChI is InChI=1S/C15H17N3O2S/c1-9-7-14(21-13(9)5-4-6-16)15(19)17-8-12-10(2)18-20-11(12)3/h7H,6,8,16H2,1-3H3,(H,17,19). The third-order valence-electron chi connectivity index (χ3n) is 3.05. The Balaban J connectivity index is 2.07. The number of nitrogens with zero attached hydrogens (tertiary/aromatic N) is 1. The van der Waals surface area contributed by atoms with Gasteiger partial charge in [0.15, 0.2) is 0 Å². The van der Waals surface area contributed by atoms with E-state index in [1.54, 1.807) is 0 Å². The molecule has 2 heterocycles.